The first-order valence-corrected chi connectivity index (χ1v) is 5.72. The minimum Gasteiger partial charge on any atom is -0.772 e. The molecular formula is C6H14CaO4S2. The molecule has 0 aliphatic carbocycles. The van der Waals surface area contributed by atoms with Crippen LogP contribution in [0.3, 0.4) is 0 Å². The molecule has 0 aliphatic heterocycles. The summed E-state index contributed by atoms with van der Waals surface area (Å²) in [5, 5.41) is -0.463. The van der Waals surface area contributed by atoms with Crippen LogP contribution in [-0.4, -0.2) is 65.8 Å². The van der Waals surface area contributed by atoms with Crippen molar-refractivity contribution >= 4 is 59.9 Å². The predicted molar refractivity (Wildman–Crippen MR) is 53.9 cm³/mol. The second-order valence-corrected chi connectivity index (χ2v) is 5.55. The van der Waals surface area contributed by atoms with Gasteiger partial charge in [0.25, 0.3) is 0 Å². The Labute approximate surface area is 114 Å². The molecule has 2 atom stereocenters. The molecule has 0 aromatic carbocycles. The van der Waals surface area contributed by atoms with E-state index in [2.05, 4.69) is 0 Å². The molecule has 0 aliphatic rings. The standard InChI is InChI=1S/2C3H8O2S.Ca/c2*1-3(2)6(4)5;/h2*3H,1-2H3,(H,4,5);/q;;+2/p-2. The summed E-state index contributed by atoms with van der Waals surface area (Å²) in [7, 11) is 0. The summed E-state index contributed by atoms with van der Waals surface area (Å²) in [6.45, 7) is 6.51. The van der Waals surface area contributed by atoms with Crippen LogP contribution in [0.5, 0.6) is 0 Å². The SMILES string of the molecule is CC(C)S(=O)[O-].CC(C)S(=O)[O-].[Ca+2]. The van der Waals surface area contributed by atoms with Gasteiger partial charge in [0.2, 0.25) is 0 Å². The maximum absolute atomic E-state index is 9.70. The van der Waals surface area contributed by atoms with Crippen LogP contribution in [0.25, 0.3) is 0 Å². The normalized spacial score (nSPS) is 14.2. The van der Waals surface area contributed by atoms with E-state index in [1.54, 1.807) is 27.7 Å². The smallest absolute Gasteiger partial charge is 0.772 e. The fourth-order valence-corrected chi connectivity index (χ4v) is 0. The van der Waals surface area contributed by atoms with E-state index in [4.69, 9.17) is 0 Å². The van der Waals surface area contributed by atoms with Gasteiger partial charge in [0.1, 0.15) is 0 Å². The quantitative estimate of drug-likeness (QED) is 0.519. The zero-order chi connectivity index (χ0) is 10.3. The summed E-state index contributed by atoms with van der Waals surface area (Å²) in [5.41, 5.74) is 0. The molecule has 0 aromatic rings. The third-order valence-electron chi connectivity index (χ3n) is 0.770. The second-order valence-electron chi connectivity index (χ2n) is 2.62. The van der Waals surface area contributed by atoms with Crippen LogP contribution >= 0.6 is 0 Å². The minimum atomic E-state index is -1.87. The van der Waals surface area contributed by atoms with E-state index in [1.807, 2.05) is 0 Å². The van der Waals surface area contributed by atoms with Gasteiger partial charge in [-0.05, 0) is 0 Å². The van der Waals surface area contributed by atoms with E-state index in [9.17, 15) is 17.5 Å². The average Bonchev–Trinajstić information content (AvgIpc) is 1.88. The van der Waals surface area contributed by atoms with Crippen LogP contribution in [0, 0.1) is 0 Å². The molecule has 76 valence electrons. The summed E-state index contributed by atoms with van der Waals surface area (Å²) in [6, 6.07) is 0. The van der Waals surface area contributed by atoms with Crippen LogP contribution in [0.15, 0.2) is 0 Å². The fourth-order valence-electron chi connectivity index (χ4n) is 0. The largest absolute Gasteiger partial charge is 2.00 e. The number of rotatable bonds is 2. The first kappa shape index (κ1) is 20.0. The van der Waals surface area contributed by atoms with Crippen LogP contribution in [0.2, 0.25) is 0 Å². The summed E-state index contributed by atoms with van der Waals surface area (Å²) in [5.74, 6) is 0. The molecule has 0 saturated heterocycles. The Morgan fingerprint density at radius 1 is 0.846 bits per heavy atom. The molecule has 0 amide bonds. The Hall–Kier alpha value is 1.48. The third-order valence-corrected chi connectivity index (χ3v) is 2.31. The van der Waals surface area contributed by atoms with Crippen molar-refractivity contribution in [2.75, 3.05) is 0 Å². The van der Waals surface area contributed by atoms with Crippen molar-refractivity contribution in [2.24, 2.45) is 0 Å². The van der Waals surface area contributed by atoms with Gasteiger partial charge in [0.15, 0.2) is 0 Å². The van der Waals surface area contributed by atoms with Gasteiger partial charge in [-0.15, -0.1) is 0 Å². The van der Waals surface area contributed by atoms with Crippen LogP contribution in [0.1, 0.15) is 27.7 Å². The fraction of sp³-hybridized carbons (Fsp3) is 1.00. The van der Waals surface area contributed by atoms with Crippen LogP contribution < -0.4 is 0 Å². The summed E-state index contributed by atoms with van der Waals surface area (Å²) >= 11 is -3.73. The summed E-state index contributed by atoms with van der Waals surface area (Å²) < 4.78 is 38.8. The van der Waals surface area contributed by atoms with Gasteiger partial charge < -0.3 is 9.11 Å². The van der Waals surface area contributed by atoms with Crippen molar-refractivity contribution in [1.29, 1.82) is 0 Å². The van der Waals surface area contributed by atoms with E-state index in [-0.39, 0.29) is 48.2 Å². The molecule has 0 bridgehead atoms. The second kappa shape index (κ2) is 11.6. The summed E-state index contributed by atoms with van der Waals surface area (Å²) in [6.07, 6.45) is 0. The zero-order valence-electron chi connectivity index (χ0n) is 8.31. The van der Waals surface area contributed by atoms with Gasteiger partial charge in [-0.1, -0.05) is 49.9 Å². The van der Waals surface area contributed by atoms with E-state index >= 15 is 0 Å². The van der Waals surface area contributed by atoms with E-state index < -0.39 is 22.2 Å². The van der Waals surface area contributed by atoms with Crippen molar-refractivity contribution < 1.29 is 17.5 Å². The minimum absolute atomic E-state index is 0. The van der Waals surface area contributed by atoms with Crippen molar-refractivity contribution in [2.45, 2.75) is 38.2 Å². The topological polar surface area (TPSA) is 80.3 Å². The van der Waals surface area contributed by atoms with Crippen molar-refractivity contribution in [3.05, 3.63) is 0 Å². The molecule has 0 radical (unpaired) electrons. The van der Waals surface area contributed by atoms with Gasteiger partial charge in [0, 0.05) is 10.5 Å². The van der Waals surface area contributed by atoms with Crippen LogP contribution in [0.4, 0.5) is 0 Å². The summed E-state index contributed by atoms with van der Waals surface area (Å²) in [4.78, 5) is 0. The van der Waals surface area contributed by atoms with Gasteiger partial charge >= 0.3 is 37.7 Å². The van der Waals surface area contributed by atoms with E-state index in [1.165, 1.54) is 0 Å². The van der Waals surface area contributed by atoms with Crippen molar-refractivity contribution in [1.82, 2.24) is 0 Å². The Morgan fingerprint density at radius 2 is 0.923 bits per heavy atom. The molecule has 7 heteroatoms. The van der Waals surface area contributed by atoms with E-state index in [0.717, 1.165) is 0 Å². The first-order valence-electron chi connectivity index (χ1n) is 3.45. The van der Waals surface area contributed by atoms with Gasteiger partial charge in [-0.25, -0.2) is 0 Å². The number of hydrogen-bond donors (Lipinski definition) is 0. The van der Waals surface area contributed by atoms with E-state index in [0.29, 0.717) is 0 Å². The molecule has 13 heavy (non-hydrogen) atoms. The van der Waals surface area contributed by atoms with Crippen LogP contribution in [-0.2, 0) is 22.2 Å². The molecule has 0 aromatic heterocycles. The van der Waals surface area contributed by atoms with Crippen molar-refractivity contribution in [3.8, 4) is 0 Å². The van der Waals surface area contributed by atoms with Gasteiger partial charge in [0.05, 0.1) is 0 Å². The predicted octanol–water partition coefficient (Wildman–Crippen LogP) is 0.167. The Morgan fingerprint density at radius 3 is 0.923 bits per heavy atom. The molecule has 0 spiro atoms. The molecule has 0 saturated carbocycles. The third kappa shape index (κ3) is 19.8. The number of hydrogen-bond acceptors (Lipinski definition) is 4. The molecule has 0 fully saturated rings. The van der Waals surface area contributed by atoms with Crippen molar-refractivity contribution in [3.63, 3.8) is 0 Å². The Balaban J connectivity index is -0.000000143. The Bertz CT molecular complexity index is 143. The van der Waals surface area contributed by atoms with Gasteiger partial charge in [-0.2, -0.15) is 0 Å². The first-order chi connectivity index (χ1) is 5.29. The van der Waals surface area contributed by atoms with Gasteiger partial charge in [-0.3, -0.25) is 8.42 Å². The molecule has 0 N–H and O–H groups in total. The molecular weight excluding hydrogens is 240 g/mol. The molecule has 4 nitrogen and oxygen atoms in total. The maximum atomic E-state index is 9.70. The maximum Gasteiger partial charge on any atom is 2.00 e. The molecule has 0 heterocycles. The Kier molecular flexibility index (Phi) is 17.7. The molecule has 2 unspecified atom stereocenters. The zero-order valence-corrected chi connectivity index (χ0v) is 12.2. The average molecular weight is 254 g/mol. The molecule has 0 rings (SSSR count). The monoisotopic (exact) mass is 254 g/mol.